The Morgan fingerprint density at radius 1 is 1.39 bits per heavy atom. The van der Waals surface area contributed by atoms with Crippen LogP contribution in [0.1, 0.15) is 13.8 Å². The van der Waals surface area contributed by atoms with Crippen molar-refractivity contribution in [2.45, 2.75) is 20.0 Å². The Hall–Kier alpha value is -1.14. The number of hydrogen-bond acceptors (Lipinski definition) is 4. The average Bonchev–Trinajstić information content (AvgIpc) is 2.80. The number of amides is 1. The Balaban J connectivity index is 2.58. The summed E-state index contributed by atoms with van der Waals surface area (Å²) < 4.78 is 4.78. The number of rotatable bonds is 6. The molecule has 2 N–H and O–H groups in total. The Bertz CT molecular complexity index is 341. The first-order valence-electron chi connectivity index (χ1n) is 5.88. The molecular formula is C12H21NO5. The molecule has 1 unspecified atom stereocenters. The lowest BCUT2D eigenvalue weighted by atomic mass is 10.1. The zero-order valence-electron chi connectivity index (χ0n) is 11.2. The van der Waals surface area contributed by atoms with E-state index in [1.165, 1.54) is 12.0 Å². The predicted octanol–water partition coefficient (Wildman–Crippen LogP) is -0.191. The number of likely N-dealkylation sites (N-methyl/N-ethyl adjacent to an activating group) is 1. The highest BCUT2D eigenvalue weighted by atomic mass is 16.5. The molecule has 0 bridgehead atoms. The van der Waals surface area contributed by atoms with Crippen LogP contribution in [0.25, 0.3) is 0 Å². The largest absolute Gasteiger partial charge is 0.481 e. The van der Waals surface area contributed by atoms with E-state index in [4.69, 9.17) is 9.84 Å². The number of ether oxygens (including phenoxy) is 1. The maximum atomic E-state index is 12.1. The number of hydrogen-bond donors (Lipinski definition) is 2. The SMILES string of the molecule is COCC(O)CN(C)C(=O)[C@H]1[C@@H](C(=O)O)C1(C)C. The van der Waals surface area contributed by atoms with E-state index in [0.29, 0.717) is 0 Å². The van der Waals surface area contributed by atoms with Crippen molar-refractivity contribution >= 4 is 11.9 Å². The van der Waals surface area contributed by atoms with Gasteiger partial charge in [-0.3, -0.25) is 9.59 Å². The zero-order chi connectivity index (χ0) is 14.1. The molecule has 6 heteroatoms. The number of nitrogens with zero attached hydrogens (tertiary/aromatic N) is 1. The fourth-order valence-corrected chi connectivity index (χ4v) is 2.45. The third kappa shape index (κ3) is 2.81. The van der Waals surface area contributed by atoms with E-state index in [-0.39, 0.29) is 19.1 Å². The molecule has 0 heterocycles. The first-order chi connectivity index (χ1) is 8.23. The van der Waals surface area contributed by atoms with Gasteiger partial charge in [0.05, 0.1) is 24.5 Å². The van der Waals surface area contributed by atoms with Gasteiger partial charge in [0.2, 0.25) is 5.91 Å². The van der Waals surface area contributed by atoms with E-state index in [2.05, 4.69) is 0 Å². The molecular weight excluding hydrogens is 238 g/mol. The predicted molar refractivity (Wildman–Crippen MR) is 63.9 cm³/mol. The highest BCUT2D eigenvalue weighted by molar-refractivity contribution is 5.91. The van der Waals surface area contributed by atoms with Crippen LogP contribution in [0.4, 0.5) is 0 Å². The van der Waals surface area contributed by atoms with E-state index in [1.807, 2.05) is 0 Å². The normalized spacial score (nSPS) is 26.5. The molecule has 1 fully saturated rings. The van der Waals surface area contributed by atoms with Crippen molar-refractivity contribution in [1.29, 1.82) is 0 Å². The van der Waals surface area contributed by atoms with Gasteiger partial charge < -0.3 is 19.8 Å². The van der Waals surface area contributed by atoms with Gasteiger partial charge in [-0.05, 0) is 5.41 Å². The minimum atomic E-state index is -0.941. The fourth-order valence-electron chi connectivity index (χ4n) is 2.45. The van der Waals surface area contributed by atoms with E-state index in [9.17, 15) is 14.7 Å². The van der Waals surface area contributed by atoms with Crippen LogP contribution >= 0.6 is 0 Å². The van der Waals surface area contributed by atoms with Crippen LogP contribution in [-0.2, 0) is 14.3 Å². The summed E-state index contributed by atoms with van der Waals surface area (Å²) in [5.41, 5.74) is -0.511. The van der Waals surface area contributed by atoms with Crippen molar-refractivity contribution in [2.24, 2.45) is 17.3 Å². The number of aliphatic hydroxyl groups excluding tert-OH is 1. The molecule has 0 radical (unpaired) electrons. The van der Waals surface area contributed by atoms with Crippen LogP contribution in [0.2, 0.25) is 0 Å². The Labute approximate surface area is 107 Å². The smallest absolute Gasteiger partial charge is 0.307 e. The second kappa shape index (κ2) is 5.24. The van der Waals surface area contributed by atoms with Crippen LogP contribution in [0.3, 0.4) is 0 Å². The molecule has 0 aromatic heterocycles. The summed E-state index contributed by atoms with van der Waals surface area (Å²) in [6, 6.07) is 0. The maximum Gasteiger partial charge on any atom is 0.307 e. The van der Waals surface area contributed by atoms with Gasteiger partial charge in [-0.2, -0.15) is 0 Å². The highest BCUT2D eigenvalue weighted by Gasteiger charge is 2.66. The van der Waals surface area contributed by atoms with Crippen molar-refractivity contribution in [2.75, 3.05) is 27.3 Å². The maximum absolute atomic E-state index is 12.1. The second-order valence-corrected chi connectivity index (χ2v) is 5.44. The van der Waals surface area contributed by atoms with Crippen LogP contribution in [0.15, 0.2) is 0 Å². The van der Waals surface area contributed by atoms with Gasteiger partial charge in [0.1, 0.15) is 0 Å². The van der Waals surface area contributed by atoms with Crippen LogP contribution in [0.5, 0.6) is 0 Å². The van der Waals surface area contributed by atoms with Crippen molar-refractivity contribution in [1.82, 2.24) is 4.90 Å². The van der Waals surface area contributed by atoms with Crippen molar-refractivity contribution < 1.29 is 24.5 Å². The van der Waals surface area contributed by atoms with Gasteiger partial charge >= 0.3 is 5.97 Å². The average molecular weight is 259 g/mol. The summed E-state index contributed by atoms with van der Waals surface area (Å²) in [6.07, 6.45) is -0.755. The van der Waals surface area contributed by atoms with E-state index < -0.39 is 29.3 Å². The Morgan fingerprint density at radius 3 is 2.33 bits per heavy atom. The fraction of sp³-hybridized carbons (Fsp3) is 0.833. The first-order valence-corrected chi connectivity index (χ1v) is 5.88. The van der Waals surface area contributed by atoms with E-state index in [0.717, 1.165) is 0 Å². The number of carbonyl (C=O) groups is 2. The molecule has 1 aliphatic rings. The lowest BCUT2D eigenvalue weighted by molar-refractivity contribution is -0.142. The zero-order valence-corrected chi connectivity index (χ0v) is 11.2. The summed E-state index contributed by atoms with van der Waals surface area (Å²) in [5.74, 6) is -2.31. The van der Waals surface area contributed by atoms with Gasteiger partial charge in [0.15, 0.2) is 0 Å². The van der Waals surface area contributed by atoms with Gasteiger partial charge in [-0.25, -0.2) is 0 Å². The number of carboxylic acids is 1. The van der Waals surface area contributed by atoms with Crippen molar-refractivity contribution in [3.63, 3.8) is 0 Å². The third-order valence-electron chi connectivity index (χ3n) is 3.58. The van der Waals surface area contributed by atoms with Crippen molar-refractivity contribution in [3.05, 3.63) is 0 Å². The molecule has 0 spiro atoms. The summed E-state index contributed by atoms with van der Waals surface area (Å²) in [6.45, 7) is 3.83. The molecule has 18 heavy (non-hydrogen) atoms. The Kier molecular flexibility index (Phi) is 4.34. The minimum Gasteiger partial charge on any atom is -0.481 e. The summed E-state index contributed by atoms with van der Waals surface area (Å²) in [5, 5.41) is 18.6. The van der Waals surface area contributed by atoms with Gasteiger partial charge in [0, 0.05) is 20.7 Å². The third-order valence-corrected chi connectivity index (χ3v) is 3.58. The van der Waals surface area contributed by atoms with Gasteiger partial charge in [0.25, 0.3) is 0 Å². The van der Waals surface area contributed by atoms with Crippen LogP contribution in [0, 0.1) is 17.3 Å². The van der Waals surface area contributed by atoms with Crippen LogP contribution in [-0.4, -0.2) is 60.4 Å². The highest BCUT2D eigenvalue weighted by Crippen LogP contribution is 2.58. The molecule has 0 aliphatic heterocycles. The number of methoxy groups -OCH3 is 1. The molecule has 3 atom stereocenters. The lowest BCUT2D eigenvalue weighted by Gasteiger charge is -2.21. The van der Waals surface area contributed by atoms with Crippen LogP contribution < -0.4 is 0 Å². The molecule has 1 rings (SSSR count). The molecule has 0 aromatic rings. The van der Waals surface area contributed by atoms with E-state index >= 15 is 0 Å². The second-order valence-electron chi connectivity index (χ2n) is 5.44. The topological polar surface area (TPSA) is 87.1 Å². The molecule has 1 saturated carbocycles. The first kappa shape index (κ1) is 14.9. The summed E-state index contributed by atoms with van der Waals surface area (Å²) >= 11 is 0. The lowest BCUT2D eigenvalue weighted by Crippen LogP contribution is -2.38. The quantitative estimate of drug-likeness (QED) is 0.690. The number of aliphatic carboxylic acids is 1. The molecule has 0 saturated heterocycles. The molecule has 1 amide bonds. The van der Waals surface area contributed by atoms with Gasteiger partial charge in [-0.15, -0.1) is 0 Å². The summed E-state index contributed by atoms with van der Waals surface area (Å²) in [4.78, 5) is 24.5. The standard InChI is InChI=1S/C12H21NO5/c1-12(2)8(9(12)11(16)17)10(15)13(3)5-7(14)6-18-4/h7-9,14H,5-6H2,1-4H3,(H,16,17)/t7?,8-,9+/m1/s1. The number of carboxylic acid groups (broad SMARTS) is 1. The van der Waals surface area contributed by atoms with E-state index in [1.54, 1.807) is 20.9 Å². The molecule has 1 aliphatic carbocycles. The minimum absolute atomic E-state index is 0.144. The number of aliphatic hydroxyl groups is 1. The van der Waals surface area contributed by atoms with Crippen molar-refractivity contribution in [3.8, 4) is 0 Å². The monoisotopic (exact) mass is 259 g/mol. The molecule has 104 valence electrons. The Morgan fingerprint density at radius 2 is 1.94 bits per heavy atom. The summed E-state index contributed by atoms with van der Waals surface area (Å²) in [7, 11) is 3.03. The number of carbonyl (C=O) groups excluding carboxylic acids is 1. The van der Waals surface area contributed by atoms with Gasteiger partial charge in [-0.1, -0.05) is 13.8 Å². The molecule has 6 nitrogen and oxygen atoms in total. The molecule has 0 aromatic carbocycles.